The summed E-state index contributed by atoms with van der Waals surface area (Å²) in [5, 5.41) is 20.8. The molecule has 0 bridgehead atoms. The predicted molar refractivity (Wildman–Crippen MR) is 45.1 cm³/mol. The molecule has 3 atom stereocenters. The van der Waals surface area contributed by atoms with Crippen molar-refractivity contribution in [2.45, 2.75) is 31.6 Å². The third-order valence-corrected chi connectivity index (χ3v) is 2.05. The second-order valence-corrected chi connectivity index (χ2v) is 3.25. The van der Waals surface area contributed by atoms with Crippen LogP contribution in [0.4, 0.5) is 0 Å². The van der Waals surface area contributed by atoms with Crippen molar-refractivity contribution in [2.24, 2.45) is 0 Å². The molecule has 13 heavy (non-hydrogen) atoms. The SMILES string of the molecule is CC(=O)N[C@@H]1COC(CO)[C@@H](O)C1. The van der Waals surface area contributed by atoms with Crippen LogP contribution in [0.5, 0.6) is 0 Å². The van der Waals surface area contributed by atoms with Gasteiger partial charge in [-0.1, -0.05) is 0 Å². The van der Waals surface area contributed by atoms with Gasteiger partial charge in [-0.25, -0.2) is 0 Å². The van der Waals surface area contributed by atoms with Crippen LogP contribution in [0.3, 0.4) is 0 Å². The second kappa shape index (κ2) is 4.55. The lowest BCUT2D eigenvalue weighted by Gasteiger charge is -2.32. The Balaban J connectivity index is 2.36. The molecule has 1 unspecified atom stereocenters. The summed E-state index contributed by atoms with van der Waals surface area (Å²) in [4.78, 5) is 10.7. The molecule has 0 spiro atoms. The molecule has 1 saturated heterocycles. The summed E-state index contributed by atoms with van der Waals surface area (Å²) in [6, 6.07) is -0.143. The third kappa shape index (κ3) is 2.95. The first-order valence-electron chi connectivity index (χ1n) is 4.31. The van der Waals surface area contributed by atoms with Gasteiger partial charge in [-0.15, -0.1) is 0 Å². The highest BCUT2D eigenvalue weighted by molar-refractivity contribution is 5.73. The lowest BCUT2D eigenvalue weighted by atomic mass is 10.0. The largest absolute Gasteiger partial charge is 0.394 e. The minimum atomic E-state index is -0.699. The number of carbonyl (C=O) groups excluding carboxylic acids is 1. The van der Waals surface area contributed by atoms with Crippen LogP contribution in [0.1, 0.15) is 13.3 Å². The van der Waals surface area contributed by atoms with Gasteiger partial charge in [0.2, 0.25) is 5.91 Å². The Morgan fingerprint density at radius 2 is 2.38 bits per heavy atom. The number of hydrogen-bond donors (Lipinski definition) is 3. The fourth-order valence-electron chi connectivity index (χ4n) is 1.42. The maximum absolute atomic E-state index is 10.7. The number of rotatable bonds is 2. The van der Waals surface area contributed by atoms with Crippen molar-refractivity contribution in [2.75, 3.05) is 13.2 Å². The molecule has 5 heteroatoms. The minimum absolute atomic E-state index is 0.136. The van der Waals surface area contributed by atoms with Gasteiger partial charge in [-0.05, 0) is 6.42 Å². The van der Waals surface area contributed by atoms with E-state index in [0.717, 1.165) is 0 Å². The van der Waals surface area contributed by atoms with Gasteiger partial charge in [0.15, 0.2) is 0 Å². The number of amides is 1. The quantitative estimate of drug-likeness (QED) is 0.501. The summed E-state index contributed by atoms with van der Waals surface area (Å²) in [5.41, 5.74) is 0. The summed E-state index contributed by atoms with van der Waals surface area (Å²) in [6.07, 6.45) is -0.772. The number of carbonyl (C=O) groups is 1. The van der Waals surface area contributed by atoms with Crippen LogP contribution in [-0.4, -0.2) is 47.6 Å². The van der Waals surface area contributed by atoms with Crippen LogP contribution >= 0.6 is 0 Å². The Kier molecular flexibility index (Phi) is 3.65. The zero-order chi connectivity index (χ0) is 9.84. The topological polar surface area (TPSA) is 78.8 Å². The van der Waals surface area contributed by atoms with E-state index in [1.54, 1.807) is 0 Å². The Morgan fingerprint density at radius 1 is 1.69 bits per heavy atom. The van der Waals surface area contributed by atoms with Crippen molar-refractivity contribution in [3.8, 4) is 0 Å². The zero-order valence-electron chi connectivity index (χ0n) is 7.56. The molecule has 1 amide bonds. The van der Waals surface area contributed by atoms with Gasteiger partial charge in [0.1, 0.15) is 6.10 Å². The number of hydrogen-bond acceptors (Lipinski definition) is 4. The lowest BCUT2D eigenvalue weighted by Crippen LogP contribution is -2.49. The van der Waals surface area contributed by atoms with Crippen LogP contribution in [-0.2, 0) is 9.53 Å². The fraction of sp³-hybridized carbons (Fsp3) is 0.875. The first kappa shape index (κ1) is 10.4. The smallest absolute Gasteiger partial charge is 0.217 e. The fourth-order valence-corrected chi connectivity index (χ4v) is 1.42. The average Bonchev–Trinajstić information content (AvgIpc) is 2.03. The highest BCUT2D eigenvalue weighted by Crippen LogP contribution is 2.13. The highest BCUT2D eigenvalue weighted by atomic mass is 16.5. The van der Waals surface area contributed by atoms with E-state index in [-0.39, 0.29) is 18.6 Å². The molecule has 0 radical (unpaired) electrons. The van der Waals surface area contributed by atoms with E-state index >= 15 is 0 Å². The molecule has 3 N–H and O–H groups in total. The monoisotopic (exact) mass is 189 g/mol. The first-order valence-corrected chi connectivity index (χ1v) is 4.31. The maximum atomic E-state index is 10.7. The summed E-state index contributed by atoms with van der Waals surface area (Å²) >= 11 is 0. The standard InChI is InChI=1S/C8H15NO4/c1-5(11)9-6-2-7(12)8(3-10)13-4-6/h6-8,10,12H,2-4H2,1H3,(H,9,11)/t6-,7-,8?/m0/s1. The van der Waals surface area contributed by atoms with Crippen LogP contribution in [0.25, 0.3) is 0 Å². The number of ether oxygens (including phenoxy) is 1. The Labute approximate surface area is 76.7 Å². The van der Waals surface area contributed by atoms with E-state index in [9.17, 15) is 9.90 Å². The van der Waals surface area contributed by atoms with E-state index in [1.165, 1.54) is 6.92 Å². The molecule has 1 aliphatic heterocycles. The van der Waals surface area contributed by atoms with Crippen molar-refractivity contribution in [3.63, 3.8) is 0 Å². The van der Waals surface area contributed by atoms with Gasteiger partial charge < -0.3 is 20.3 Å². The normalized spacial score (nSPS) is 34.2. The lowest BCUT2D eigenvalue weighted by molar-refractivity contribution is -0.127. The molecule has 0 aromatic heterocycles. The van der Waals surface area contributed by atoms with Crippen molar-refractivity contribution >= 4 is 5.91 Å². The summed E-state index contributed by atoms with van der Waals surface area (Å²) < 4.78 is 5.14. The molecule has 1 aliphatic rings. The maximum Gasteiger partial charge on any atom is 0.217 e. The summed E-state index contributed by atoms with van der Waals surface area (Å²) in [6.45, 7) is 1.58. The molecular weight excluding hydrogens is 174 g/mol. The molecule has 1 rings (SSSR count). The summed E-state index contributed by atoms with van der Waals surface area (Å²) in [5.74, 6) is -0.136. The third-order valence-electron chi connectivity index (χ3n) is 2.05. The van der Waals surface area contributed by atoms with E-state index in [1.807, 2.05) is 0 Å². The molecule has 0 aliphatic carbocycles. The highest BCUT2D eigenvalue weighted by Gasteiger charge is 2.29. The van der Waals surface area contributed by atoms with Crippen LogP contribution < -0.4 is 5.32 Å². The Morgan fingerprint density at radius 3 is 2.85 bits per heavy atom. The van der Waals surface area contributed by atoms with Crippen LogP contribution in [0.2, 0.25) is 0 Å². The van der Waals surface area contributed by atoms with E-state index in [0.29, 0.717) is 13.0 Å². The Bertz CT molecular complexity index is 185. The van der Waals surface area contributed by atoms with Crippen LogP contribution in [0.15, 0.2) is 0 Å². The number of nitrogens with one attached hydrogen (secondary N) is 1. The number of aliphatic hydroxyl groups excluding tert-OH is 2. The van der Waals surface area contributed by atoms with Crippen molar-refractivity contribution in [3.05, 3.63) is 0 Å². The molecule has 76 valence electrons. The second-order valence-electron chi connectivity index (χ2n) is 3.25. The molecule has 0 aromatic rings. The van der Waals surface area contributed by atoms with Crippen molar-refractivity contribution in [1.82, 2.24) is 5.32 Å². The van der Waals surface area contributed by atoms with Gasteiger partial charge in [-0.2, -0.15) is 0 Å². The van der Waals surface area contributed by atoms with Crippen molar-refractivity contribution in [1.29, 1.82) is 0 Å². The summed E-state index contributed by atoms with van der Waals surface area (Å²) in [7, 11) is 0. The Hall–Kier alpha value is -0.650. The van der Waals surface area contributed by atoms with Crippen LogP contribution in [0, 0.1) is 0 Å². The molecule has 0 aromatic carbocycles. The molecular formula is C8H15NO4. The van der Waals surface area contributed by atoms with Crippen molar-refractivity contribution < 1.29 is 19.7 Å². The molecule has 1 heterocycles. The zero-order valence-corrected chi connectivity index (χ0v) is 7.56. The van der Waals surface area contributed by atoms with Gasteiger partial charge in [-0.3, -0.25) is 4.79 Å². The average molecular weight is 189 g/mol. The van der Waals surface area contributed by atoms with Gasteiger partial charge in [0.05, 0.1) is 25.4 Å². The molecule has 1 fully saturated rings. The van der Waals surface area contributed by atoms with E-state index < -0.39 is 12.2 Å². The van der Waals surface area contributed by atoms with Gasteiger partial charge in [0, 0.05) is 6.92 Å². The first-order chi connectivity index (χ1) is 6.13. The number of aliphatic hydroxyl groups is 2. The predicted octanol–water partition coefficient (Wildman–Crippen LogP) is -1.37. The molecule has 5 nitrogen and oxygen atoms in total. The van der Waals surface area contributed by atoms with Gasteiger partial charge >= 0.3 is 0 Å². The van der Waals surface area contributed by atoms with E-state index in [4.69, 9.17) is 9.84 Å². The molecule has 0 saturated carbocycles. The van der Waals surface area contributed by atoms with Gasteiger partial charge in [0.25, 0.3) is 0 Å². The van der Waals surface area contributed by atoms with E-state index in [2.05, 4.69) is 5.32 Å². The minimum Gasteiger partial charge on any atom is -0.394 e.